The molecule has 1 heterocycles. The van der Waals surface area contributed by atoms with Crippen molar-refractivity contribution in [2.24, 2.45) is 0 Å². The summed E-state index contributed by atoms with van der Waals surface area (Å²) in [5, 5.41) is 6.11. The first-order valence-corrected chi connectivity index (χ1v) is 5.66. The van der Waals surface area contributed by atoms with E-state index in [1.54, 1.807) is 0 Å². The highest BCUT2D eigenvalue weighted by atomic mass is 33.1. The van der Waals surface area contributed by atoms with Crippen LogP contribution < -0.4 is 10.6 Å². The van der Waals surface area contributed by atoms with Gasteiger partial charge in [-0.25, -0.2) is 0 Å². The zero-order valence-electron chi connectivity index (χ0n) is 5.05. The van der Waals surface area contributed by atoms with E-state index in [1.807, 2.05) is 0 Å². The summed E-state index contributed by atoms with van der Waals surface area (Å²) < 4.78 is 1.63. The smallest absolute Gasteiger partial charge is 0.144 e. The van der Waals surface area contributed by atoms with E-state index >= 15 is 0 Å². The fourth-order valence-corrected chi connectivity index (χ4v) is 2.56. The van der Waals surface area contributed by atoms with Crippen molar-refractivity contribution in [2.45, 2.75) is 0 Å². The average Bonchev–Trinajstić information content (AvgIpc) is 1.90. The molecule has 1 aliphatic rings. The van der Waals surface area contributed by atoms with E-state index in [2.05, 4.69) is 10.6 Å². The Morgan fingerprint density at radius 2 is 1.40 bits per heavy atom. The van der Waals surface area contributed by atoms with E-state index in [9.17, 15) is 0 Å². The topological polar surface area (TPSA) is 24.1 Å². The van der Waals surface area contributed by atoms with Gasteiger partial charge in [0.2, 0.25) is 0 Å². The number of hydrogen-bond donors (Lipinski definition) is 2. The predicted molar refractivity (Wildman–Crippen MR) is 56.4 cm³/mol. The molecule has 1 fully saturated rings. The van der Waals surface area contributed by atoms with Gasteiger partial charge in [-0.1, -0.05) is 24.4 Å². The van der Waals surface area contributed by atoms with Gasteiger partial charge in [-0.05, 0) is 21.6 Å². The van der Waals surface area contributed by atoms with Crippen molar-refractivity contribution in [3.63, 3.8) is 0 Å². The Hall–Kier alpha value is 0.480. The molecule has 1 aliphatic heterocycles. The van der Waals surface area contributed by atoms with Gasteiger partial charge in [0.25, 0.3) is 0 Å². The molecule has 6 heteroatoms. The normalized spacial score (nSPS) is 20.4. The van der Waals surface area contributed by atoms with E-state index in [0.29, 0.717) is 0 Å². The summed E-state index contributed by atoms with van der Waals surface area (Å²) in [6, 6.07) is 0. The van der Waals surface area contributed by atoms with Crippen LogP contribution in [0.5, 0.6) is 0 Å². The van der Waals surface area contributed by atoms with E-state index in [4.69, 9.17) is 24.4 Å². The molecular weight excluding hydrogens is 204 g/mol. The van der Waals surface area contributed by atoms with Crippen LogP contribution in [0.3, 0.4) is 0 Å². The van der Waals surface area contributed by atoms with Crippen LogP contribution in [-0.4, -0.2) is 21.7 Å². The molecule has 0 aromatic heterocycles. The number of nitrogens with one attached hydrogen (secondary N) is 2. The molecule has 10 heavy (non-hydrogen) atoms. The first kappa shape index (κ1) is 8.58. The number of rotatable bonds is 0. The second kappa shape index (κ2) is 4.38. The largest absolute Gasteiger partial charge is 0.369 e. The Morgan fingerprint density at radius 1 is 1.00 bits per heavy atom. The van der Waals surface area contributed by atoms with E-state index in [0.717, 1.165) is 21.7 Å². The molecular formula is C4H6N2S4. The van der Waals surface area contributed by atoms with Crippen molar-refractivity contribution in [1.82, 2.24) is 10.6 Å². The Labute approximate surface area is 78.3 Å². The first-order chi connectivity index (χ1) is 4.79. The van der Waals surface area contributed by atoms with Gasteiger partial charge in [0.1, 0.15) is 8.64 Å². The fraction of sp³-hybridized carbons (Fsp3) is 0.500. The molecule has 0 radical (unpaired) electrons. The maximum absolute atomic E-state index is 4.95. The molecule has 0 saturated carbocycles. The van der Waals surface area contributed by atoms with Gasteiger partial charge in [0.15, 0.2) is 0 Å². The van der Waals surface area contributed by atoms with E-state index < -0.39 is 0 Å². The van der Waals surface area contributed by atoms with Crippen molar-refractivity contribution in [3.05, 3.63) is 0 Å². The van der Waals surface area contributed by atoms with Gasteiger partial charge in [-0.15, -0.1) is 0 Å². The zero-order chi connectivity index (χ0) is 7.40. The summed E-state index contributed by atoms with van der Waals surface area (Å²) in [6.45, 7) is 1.71. The highest BCUT2D eigenvalue weighted by Gasteiger charge is 2.04. The monoisotopic (exact) mass is 210 g/mol. The van der Waals surface area contributed by atoms with Crippen LogP contribution in [0, 0.1) is 0 Å². The molecule has 0 spiro atoms. The second-order valence-corrected chi connectivity index (χ2v) is 5.08. The Balaban J connectivity index is 2.36. The molecule has 0 aromatic rings. The lowest BCUT2D eigenvalue weighted by atomic mass is 10.6. The maximum Gasteiger partial charge on any atom is 0.144 e. The molecule has 0 atom stereocenters. The van der Waals surface area contributed by atoms with Gasteiger partial charge in [-0.3, -0.25) is 0 Å². The third-order valence-electron chi connectivity index (χ3n) is 0.857. The SMILES string of the molecule is S=C1NCCNC(=S)SS1. The van der Waals surface area contributed by atoms with Crippen molar-refractivity contribution >= 4 is 54.7 Å². The summed E-state index contributed by atoms with van der Waals surface area (Å²) in [5.74, 6) is 0. The summed E-state index contributed by atoms with van der Waals surface area (Å²) in [4.78, 5) is 0. The minimum atomic E-state index is 0.814. The summed E-state index contributed by atoms with van der Waals surface area (Å²) >= 11 is 9.90. The van der Waals surface area contributed by atoms with Crippen molar-refractivity contribution in [2.75, 3.05) is 13.1 Å². The van der Waals surface area contributed by atoms with Gasteiger partial charge in [-0.2, -0.15) is 0 Å². The van der Waals surface area contributed by atoms with Crippen LogP contribution in [0.15, 0.2) is 0 Å². The highest BCUT2D eigenvalue weighted by Crippen LogP contribution is 2.23. The Morgan fingerprint density at radius 3 is 1.80 bits per heavy atom. The third-order valence-corrected chi connectivity index (χ3v) is 4.20. The number of hydrogen-bond acceptors (Lipinski definition) is 4. The molecule has 2 nitrogen and oxygen atoms in total. The summed E-state index contributed by atoms with van der Waals surface area (Å²) in [5.41, 5.74) is 0. The first-order valence-electron chi connectivity index (χ1n) is 2.69. The fourth-order valence-electron chi connectivity index (χ4n) is 0.464. The van der Waals surface area contributed by atoms with Gasteiger partial charge >= 0.3 is 0 Å². The molecule has 0 aromatic carbocycles. The third kappa shape index (κ3) is 3.05. The molecule has 0 amide bonds. The zero-order valence-corrected chi connectivity index (χ0v) is 8.31. The predicted octanol–water partition coefficient (Wildman–Crippen LogP) is 1.13. The molecule has 0 bridgehead atoms. The van der Waals surface area contributed by atoms with E-state index in [-0.39, 0.29) is 0 Å². The quantitative estimate of drug-likeness (QED) is 0.459. The van der Waals surface area contributed by atoms with Gasteiger partial charge < -0.3 is 10.6 Å². The lowest BCUT2D eigenvalue weighted by Gasteiger charge is -2.12. The van der Waals surface area contributed by atoms with E-state index in [1.165, 1.54) is 21.6 Å². The molecule has 56 valence electrons. The summed E-state index contributed by atoms with van der Waals surface area (Å²) in [6.07, 6.45) is 0. The van der Waals surface area contributed by atoms with Crippen molar-refractivity contribution in [1.29, 1.82) is 0 Å². The average molecular weight is 210 g/mol. The number of thiocarbonyl (C=S) groups is 2. The lowest BCUT2D eigenvalue weighted by Crippen LogP contribution is -2.33. The minimum absolute atomic E-state index is 0.814. The van der Waals surface area contributed by atoms with Gasteiger partial charge in [0, 0.05) is 13.1 Å². The second-order valence-electron chi connectivity index (χ2n) is 1.60. The maximum atomic E-state index is 4.95. The van der Waals surface area contributed by atoms with Crippen LogP contribution in [0.25, 0.3) is 0 Å². The van der Waals surface area contributed by atoms with Crippen LogP contribution in [-0.2, 0) is 0 Å². The van der Waals surface area contributed by atoms with Crippen molar-refractivity contribution in [3.8, 4) is 0 Å². The molecule has 1 saturated heterocycles. The molecule has 2 N–H and O–H groups in total. The van der Waals surface area contributed by atoms with Crippen LogP contribution in [0.1, 0.15) is 0 Å². The minimum Gasteiger partial charge on any atom is -0.369 e. The van der Waals surface area contributed by atoms with Crippen LogP contribution in [0.2, 0.25) is 0 Å². The highest BCUT2D eigenvalue weighted by molar-refractivity contribution is 8.89. The van der Waals surface area contributed by atoms with Gasteiger partial charge in [0.05, 0.1) is 0 Å². The standard InChI is InChI=1S/C4H6N2S4/c7-3-5-1-2-6-4(8)10-9-3/h1-2H2,(H,5,7)(H,6,8). The summed E-state index contributed by atoms with van der Waals surface area (Å²) in [7, 11) is 2.99. The molecule has 0 aliphatic carbocycles. The Kier molecular flexibility index (Phi) is 3.75. The van der Waals surface area contributed by atoms with Crippen molar-refractivity contribution < 1.29 is 0 Å². The lowest BCUT2D eigenvalue weighted by molar-refractivity contribution is 0.833. The molecule has 1 rings (SSSR count). The van der Waals surface area contributed by atoms with Crippen LogP contribution in [0.4, 0.5) is 0 Å². The molecule has 0 unspecified atom stereocenters. The van der Waals surface area contributed by atoms with Crippen LogP contribution >= 0.6 is 46.0 Å². The Bertz CT molecular complexity index is 139.